The summed E-state index contributed by atoms with van der Waals surface area (Å²) in [5.74, 6) is -4.25. The van der Waals surface area contributed by atoms with Crippen molar-refractivity contribution >= 4 is 29.7 Å². The van der Waals surface area contributed by atoms with Crippen molar-refractivity contribution in [1.82, 2.24) is 16.0 Å². The van der Waals surface area contributed by atoms with E-state index in [-0.39, 0.29) is 24.7 Å². The standard InChI is InChI=1S/C20H36N4O7/c1-10(2)8-13(21)17(27)24-15(9-11(3)4)19(29)23-14(6-7-16(25)26)18(28)22-12(5)20(30)31/h10-15H,6-9,21H2,1-5H3,(H,22,28)(H,23,29)(H,24,27)(H,25,26)(H,30,31). The van der Waals surface area contributed by atoms with Crippen LogP contribution in [0, 0.1) is 11.8 Å². The number of nitrogens with one attached hydrogen (secondary N) is 3. The third-order valence-electron chi connectivity index (χ3n) is 4.41. The van der Waals surface area contributed by atoms with Gasteiger partial charge in [0, 0.05) is 6.42 Å². The van der Waals surface area contributed by atoms with Crippen LogP contribution in [0.3, 0.4) is 0 Å². The number of amides is 3. The van der Waals surface area contributed by atoms with Crippen molar-refractivity contribution < 1.29 is 34.2 Å². The van der Waals surface area contributed by atoms with Crippen LogP contribution in [-0.4, -0.2) is 64.0 Å². The van der Waals surface area contributed by atoms with E-state index in [0.29, 0.717) is 6.42 Å². The van der Waals surface area contributed by atoms with E-state index in [1.165, 1.54) is 6.92 Å². The summed E-state index contributed by atoms with van der Waals surface area (Å²) in [4.78, 5) is 59.5. The molecular formula is C20H36N4O7. The Labute approximate surface area is 182 Å². The summed E-state index contributed by atoms with van der Waals surface area (Å²) >= 11 is 0. The maximum Gasteiger partial charge on any atom is 0.325 e. The van der Waals surface area contributed by atoms with Gasteiger partial charge in [-0.05, 0) is 38.0 Å². The van der Waals surface area contributed by atoms with E-state index >= 15 is 0 Å². The molecule has 0 radical (unpaired) electrons. The molecule has 7 N–H and O–H groups in total. The van der Waals surface area contributed by atoms with E-state index in [4.69, 9.17) is 15.9 Å². The van der Waals surface area contributed by atoms with Gasteiger partial charge in [-0.25, -0.2) is 0 Å². The van der Waals surface area contributed by atoms with Gasteiger partial charge in [0.05, 0.1) is 6.04 Å². The summed E-state index contributed by atoms with van der Waals surface area (Å²) in [6, 6.07) is -4.29. The zero-order valence-corrected chi connectivity index (χ0v) is 18.8. The molecule has 0 rings (SSSR count). The Bertz CT molecular complexity index is 651. The van der Waals surface area contributed by atoms with E-state index in [0.717, 1.165) is 0 Å². The monoisotopic (exact) mass is 444 g/mol. The molecule has 4 atom stereocenters. The largest absolute Gasteiger partial charge is 0.481 e. The van der Waals surface area contributed by atoms with Crippen molar-refractivity contribution in [2.24, 2.45) is 17.6 Å². The topological polar surface area (TPSA) is 188 Å². The van der Waals surface area contributed by atoms with Crippen LogP contribution >= 0.6 is 0 Å². The first kappa shape index (κ1) is 28.3. The smallest absolute Gasteiger partial charge is 0.325 e. The number of hydrogen-bond donors (Lipinski definition) is 6. The summed E-state index contributed by atoms with van der Waals surface area (Å²) in [6.45, 7) is 8.77. The number of carbonyl (C=O) groups is 5. The lowest BCUT2D eigenvalue weighted by atomic mass is 10.00. The molecule has 0 aliphatic rings. The fraction of sp³-hybridized carbons (Fsp3) is 0.750. The van der Waals surface area contributed by atoms with Gasteiger partial charge in [-0.2, -0.15) is 0 Å². The van der Waals surface area contributed by atoms with Gasteiger partial charge in [-0.3, -0.25) is 24.0 Å². The van der Waals surface area contributed by atoms with Crippen molar-refractivity contribution in [2.75, 3.05) is 0 Å². The Hall–Kier alpha value is -2.69. The number of carboxylic acid groups (broad SMARTS) is 2. The average molecular weight is 445 g/mol. The number of carbonyl (C=O) groups excluding carboxylic acids is 3. The van der Waals surface area contributed by atoms with E-state index in [2.05, 4.69) is 16.0 Å². The number of hydrogen-bond acceptors (Lipinski definition) is 6. The molecule has 0 aromatic heterocycles. The van der Waals surface area contributed by atoms with Crippen molar-refractivity contribution in [1.29, 1.82) is 0 Å². The minimum absolute atomic E-state index is 0.0238. The molecule has 0 aliphatic carbocycles. The molecule has 0 bridgehead atoms. The van der Waals surface area contributed by atoms with E-state index in [1.54, 1.807) is 0 Å². The highest BCUT2D eigenvalue weighted by molar-refractivity contribution is 5.94. The maximum atomic E-state index is 12.8. The summed E-state index contributed by atoms with van der Waals surface area (Å²) < 4.78 is 0. The molecule has 4 unspecified atom stereocenters. The first-order valence-electron chi connectivity index (χ1n) is 10.4. The van der Waals surface area contributed by atoms with E-state index in [1.807, 2.05) is 27.7 Å². The predicted molar refractivity (Wildman–Crippen MR) is 113 cm³/mol. The predicted octanol–water partition coefficient (Wildman–Crippen LogP) is -0.170. The van der Waals surface area contributed by atoms with Crippen LogP contribution in [0.25, 0.3) is 0 Å². The van der Waals surface area contributed by atoms with E-state index in [9.17, 15) is 24.0 Å². The third-order valence-corrected chi connectivity index (χ3v) is 4.41. The minimum Gasteiger partial charge on any atom is -0.481 e. The number of aliphatic carboxylic acids is 2. The van der Waals surface area contributed by atoms with Crippen LogP contribution in [0.4, 0.5) is 0 Å². The van der Waals surface area contributed by atoms with Gasteiger partial charge in [0.1, 0.15) is 18.1 Å². The van der Waals surface area contributed by atoms with Crippen LogP contribution in [0.1, 0.15) is 60.3 Å². The van der Waals surface area contributed by atoms with Gasteiger partial charge in [-0.1, -0.05) is 27.7 Å². The Kier molecular flexibility index (Phi) is 12.4. The molecule has 3 amide bonds. The van der Waals surface area contributed by atoms with Gasteiger partial charge in [-0.15, -0.1) is 0 Å². The molecule has 0 aromatic rings. The third kappa shape index (κ3) is 11.9. The lowest BCUT2D eigenvalue weighted by Gasteiger charge is -2.25. The summed E-state index contributed by atoms with van der Waals surface area (Å²) in [7, 11) is 0. The molecule has 11 nitrogen and oxygen atoms in total. The highest BCUT2D eigenvalue weighted by Gasteiger charge is 2.30. The lowest BCUT2D eigenvalue weighted by Crippen LogP contribution is -2.57. The van der Waals surface area contributed by atoms with E-state index < -0.39 is 60.2 Å². The first-order chi connectivity index (χ1) is 14.2. The molecule has 11 heteroatoms. The van der Waals surface area contributed by atoms with Crippen LogP contribution < -0.4 is 21.7 Å². The molecule has 178 valence electrons. The van der Waals surface area contributed by atoms with Gasteiger partial charge in [0.2, 0.25) is 17.7 Å². The van der Waals surface area contributed by atoms with Crippen molar-refractivity contribution in [3.63, 3.8) is 0 Å². The van der Waals surface area contributed by atoms with Gasteiger partial charge < -0.3 is 31.9 Å². The second kappa shape index (κ2) is 13.6. The number of rotatable bonds is 14. The minimum atomic E-state index is -1.28. The quantitative estimate of drug-likeness (QED) is 0.213. The van der Waals surface area contributed by atoms with Crippen LogP contribution in [0.15, 0.2) is 0 Å². The zero-order chi connectivity index (χ0) is 24.3. The maximum absolute atomic E-state index is 12.8. The zero-order valence-electron chi connectivity index (χ0n) is 18.8. The van der Waals surface area contributed by atoms with Gasteiger partial charge >= 0.3 is 11.9 Å². The first-order valence-corrected chi connectivity index (χ1v) is 10.4. The summed E-state index contributed by atoms with van der Waals surface area (Å²) in [5.41, 5.74) is 5.88. The van der Waals surface area contributed by atoms with Crippen molar-refractivity contribution in [2.45, 2.75) is 84.5 Å². The van der Waals surface area contributed by atoms with Crippen molar-refractivity contribution in [3.8, 4) is 0 Å². The average Bonchev–Trinajstić information content (AvgIpc) is 2.62. The molecule has 0 saturated carbocycles. The highest BCUT2D eigenvalue weighted by Crippen LogP contribution is 2.09. The highest BCUT2D eigenvalue weighted by atomic mass is 16.4. The Morgan fingerprint density at radius 1 is 0.742 bits per heavy atom. The Morgan fingerprint density at radius 3 is 1.68 bits per heavy atom. The Morgan fingerprint density at radius 2 is 1.23 bits per heavy atom. The fourth-order valence-electron chi connectivity index (χ4n) is 2.78. The molecule has 0 aliphatic heterocycles. The number of nitrogens with two attached hydrogens (primary N) is 1. The van der Waals surface area contributed by atoms with Gasteiger partial charge in [0.15, 0.2) is 0 Å². The SMILES string of the molecule is CC(C)CC(N)C(=O)NC(CC(C)C)C(=O)NC(CCC(=O)O)C(=O)NC(C)C(=O)O. The molecule has 31 heavy (non-hydrogen) atoms. The molecule has 0 aromatic carbocycles. The Balaban J connectivity index is 5.40. The lowest BCUT2D eigenvalue weighted by molar-refractivity contribution is -0.142. The molecule has 0 fully saturated rings. The normalized spacial score (nSPS) is 15.0. The summed E-state index contributed by atoms with van der Waals surface area (Å²) in [5, 5.41) is 25.1. The number of carboxylic acids is 2. The van der Waals surface area contributed by atoms with Crippen LogP contribution in [0.5, 0.6) is 0 Å². The molecular weight excluding hydrogens is 408 g/mol. The molecule has 0 spiro atoms. The van der Waals surface area contributed by atoms with Gasteiger partial charge in [0.25, 0.3) is 0 Å². The summed E-state index contributed by atoms with van der Waals surface area (Å²) in [6.07, 6.45) is 0.0398. The van der Waals surface area contributed by atoms with Crippen molar-refractivity contribution in [3.05, 3.63) is 0 Å². The van der Waals surface area contributed by atoms with Crippen LogP contribution in [-0.2, 0) is 24.0 Å². The molecule has 0 saturated heterocycles. The second-order valence-electron chi connectivity index (χ2n) is 8.49. The van der Waals surface area contributed by atoms with Crippen LogP contribution in [0.2, 0.25) is 0 Å². The molecule has 0 heterocycles. The second-order valence-corrected chi connectivity index (χ2v) is 8.49. The fourth-order valence-corrected chi connectivity index (χ4v) is 2.78.